The molecule has 0 aromatic heterocycles. The molecule has 0 saturated carbocycles. The van der Waals surface area contributed by atoms with Crippen LogP contribution in [0.1, 0.15) is 77.3 Å². The second-order valence-corrected chi connectivity index (χ2v) is 13.4. The fourth-order valence-corrected chi connectivity index (χ4v) is 6.98. The van der Waals surface area contributed by atoms with Crippen LogP contribution in [0.15, 0.2) is 158 Å². The van der Waals surface area contributed by atoms with E-state index in [-0.39, 0.29) is 5.41 Å². The molecule has 0 aliphatic heterocycles. The molecule has 0 atom stereocenters. The van der Waals surface area contributed by atoms with Gasteiger partial charge in [0.2, 0.25) is 0 Å². The Hall–Kier alpha value is -5.08. The van der Waals surface area contributed by atoms with Gasteiger partial charge >= 0.3 is 0 Å². The van der Waals surface area contributed by atoms with Crippen molar-refractivity contribution in [1.82, 2.24) is 0 Å². The smallest absolute Gasteiger partial charge is 0.0462 e. The van der Waals surface area contributed by atoms with Crippen LogP contribution in [0.2, 0.25) is 0 Å². The lowest BCUT2D eigenvalue weighted by Crippen LogP contribution is -2.19. The molecule has 0 amide bonds. The molecule has 6 rings (SSSR count). The highest BCUT2D eigenvalue weighted by atomic mass is 15.1. The minimum atomic E-state index is 0.197. The van der Waals surface area contributed by atoms with Crippen molar-refractivity contribution in [2.75, 3.05) is 9.80 Å². The lowest BCUT2D eigenvalue weighted by molar-refractivity contribution is 0.439. The van der Waals surface area contributed by atoms with Gasteiger partial charge in [-0.3, -0.25) is 0 Å². The summed E-state index contributed by atoms with van der Waals surface area (Å²) in [5.74, 6) is 0.605. The molecular weight excluding hydrogens is 593 g/mol. The predicted molar refractivity (Wildman–Crippen MR) is 213 cm³/mol. The molecule has 49 heavy (non-hydrogen) atoms. The van der Waals surface area contributed by atoms with E-state index in [9.17, 15) is 0 Å². The van der Waals surface area contributed by atoms with Crippen molar-refractivity contribution in [3.8, 4) is 11.1 Å². The van der Waals surface area contributed by atoms with Gasteiger partial charge < -0.3 is 9.80 Å². The minimum absolute atomic E-state index is 0.197. The summed E-state index contributed by atoms with van der Waals surface area (Å²) in [4.78, 5) is 4.69. The van der Waals surface area contributed by atoms with E-state index in [0.29, 0.717) is 5.92 Å². The van der Waals surface area contributed by atoms with Gasteiger partial charge in [-0.1, -0.05) is 120 Å². The lowest BCUT2D eigenvalue weighted by atomic mass is 9.78. The molecule has 0 heterocycles. The number of nitrogens with zero attached hydrogens (tertiary/aromatic N) is 2. The Balaban J connectivity index is 1.29. The van der Waals surface area contributed by atoms with E-state index in [0.717, 1.165) is 54.1 Å². The fourth-order valence-electron chi connectivity index (χ4n) is 6.98. The topological polar surface area (TPSA) is 6.48 Å². The molecule has 0 saturated heterocycles. The number of anilines is 6. The molecule has 0 spiro atoms. The number of hydrogen-bond acceptors (Lipinski definition) is 2. The van der Waals surface area contributed by atoms with Crippen LogP contribution in [-0.4, -0.2) is 0 Å². The van der Waals surface area contributed by atoms with Crippen molar-refractivity contribution in [3.05, 3.63) is 169 Å². The zero-order chi connectivity index (χ0) is 34.2. The lowest BCUT2D eigenvalue weighted by Gasteiger charge is -2.29. The Bertz CT molecular complexity index is 1870. The molecular formula is C47H50N2. The molecule has 6 aromatic rings. The molecule has 248 valence electrons. The zero-order valence-electron chi connectivity index (χ0n) is 29.8. The van der Waals surface area contributed by atoms with Crippen molar-refractivity contribution in [2.45, 2.75) is 71.6 Å². The van der Waals surface area contributed by atoms with Gasteiger partial charge in [0, 0.05) is 34.1 Å². The van der Waals surface area contributed by atoms with Crippen LogP contribution in [0.4, 0.5) is 34.1 Å². The molecule has 0 N–H and O–H groups in total. The van der Waals surface area contributed by atoms with E-state index in [1.165, 1.54) is 27.9 Å². The van der Waals surface area contributed by atoms with E-state index in [1.54, 1.807) is 0 Å². The molecule has 0 bridgehead atoms. The molecule has 0 radical (unpaired) electrons. The van der Waals surface area contributed by atoms with Gasteiger partial charge in [-0.15, -0.1) is 0 Å². The van der Waals surface area contributed by atoms with E-state index in [2.05, 4.69) is 202 Å². The Morgan fingerprint density at radius 3 is 1.08 bits per heavy atom. The van der Waals surface area contributed by atoms with E-state index >= 15 is 0 Å². The van der Waals surface area contributed by atoms with Crippen molar-refractivity contribution < 1.29 is 0 Å². The number of benzene rings is 6. The Kier molecular flexibility index (Phi) is 10.6. The maximum Gasteiger partial charge on any atom is 0.0462 e. The molecule has 0 aliphatic rings. The van der Waals surface area contributed by atoms with Gasteiger partial charge in [-0.05, 0) is 132 Å². The maximum atomic E-state index is 2.37. The average molecular weight is 643 g/mol. The Morgan fingerprint density at radius 1 is 0.408 bits per heavy atom. The highest BCUT2D eigenvalue weighted by Gasteiger charge is 2.23. The zero-order valence-corrected chi connectivity index (χ0v) is 29.8. The van der Waals surface area contributed by atoms with Crippen molar-refractivity contribution in [2.24, 2.45) is 0 Å². The highest BCUT2D eigenvalue weighted by molar-refractivity contribution is 5.80. The summed E-state index contributed by atoms with van der Waals surface area (Å²) >= 11 is 0. The first-order valence-corrected chi connectivity index (χ1v) is 18.1. The third kappa shape index (κ3) is 7.34. The summed E-state index contributed by atoms with van der Waals surface area (Å²) in [7, 11) is 0. The normalized spacial score (nSPS) is 11.5. The Labute approximate surface area is 294 Å². The highest BCUT2D eigenvalue weighted by Crippen LogP contribution is 2.39. The van der Waals surface area contributed by atoms with Gasteiger partial charge in [0.1, 0.15) is 0 Å². The summed E-state index contributed by atoms with van der Waals surface area (Å²) in [6, 6.07) is 57.6. The van der Waals surface area contributed by atoms with Crippen molar-refractivity contribution >= 4 is 34.1 Å². The fraction of sp³-hybridized carbons (Fsp3) is 0.234. The number of para-hydroxylation sites is 2. The summed E-state index contributed by atoms with van der Waals surface area (Å²) in [6.45, 7) is 11.5. The third-order valence-corrected chi connectivity index (χ3v) is 10.6. The van der Waals surface area contributed by atoms with Crippen LogP contribution in [0.25, 0.3) is 11.1 Å². The van der Waals surface area contributed by atoms with Gasteiger partial charge in [-0.25, -0.2) is 0 Å². The second-order valence-electron chi connectivity index (χ2n) is 13.4. The summed E-state index contributed by atoms with van der Waals surface area (Å²) in [6.07, 6.45) is 4.58. The van der Waals surface area contributed by atoms with Gasteiger partial charge in [0.15, 0.2) is 0 Å². The van der Waals surface area contributed by atoms with Crippen LogP contribution >= 0.6 is 0 Å². The van der Waals surface area contributed by atoms with Crippen LogP contribution in [0.5, 0.6) is 0 Å². The van der Waals surface area contributed by atoms with E-state index < -0.39 is 0 Å². The van der Waals surface area contributed by atoms with Crippen molar-refractivity contribution in [1.29, 1.82) is 0 Å². The van der Waals surface area contributed by atoms with Gasteiger partial charge in [-0.2, -0.15) is 0 Å². The first-order chi connectivity index (χ1) is 24.0. The van der Waals surface area contributed by atoms with E-state index in [1.807, 2.05) is 0 Å². The predicted octanol–water partition coefficient (Wildman–Crippen LogP) is 14.3. The van der Waals surface area contributed by atoms with Crippen LogP contribution in [0, 0.1) is 0 Å². The van der Waals surface area contributed by atoms with Gasteiger partial charge in [0.05, 0.1) is 0 Å². The largest absolute Gasteiger partial charge is 0.311 e. The molecule has 2 nitrogen and oxygen atoms in total. The average Bonchev–Trinajstić information content (AvgIpc) is 3.17. The van der Waals surface area contributed by atoms with Gasteiger partial charge in [0.25, 0.3) is 0 Å². The number of hydrogen-bond donors (Lipinski definition) is 0. The van der Waals surface area contributed by atoms with Crippen LogP contribution in [-0.2, 0) is 5.41 Å². The van der Waals surface area contributed by atoms with E-state index in [4.69, 9.17) is 0 Å². The second kappa shape index (κ2) is 15.4. The van der Waals surface area contributed by atoms with Crippen LogP contribution < -0.4 is 9.80 Å². The SMILES string of the molecule is CCC(CC)c1ccc(N(c2ccccc2)c2ccc(-c3ccc(N(c4ccccc4)c4ccc(C(C)(CC)CC)cc4)cc3)cc2)cc1. The molecule has 0 fully saturated rings. The maximum absolute atomic E-state index is 2.37. The number of rotatable bonds is 13. The van der Waals surface area contributed by atoms with Crippen LogP contribution in [0.3, 0.4) is 0 Å². The third-order valence-electron chi connectivity index (χ3n) is 10.6. The standard InChI is InChI=1S/C47H50N2/c1-6-36(7-2)37-20-28-43(29-21-37)48(41-16-12-10-13-17-41)44-30-22-38(23-31-44)39-24-32-45(33-25-39)49(42-18-14-11-15-19-42)46-34-26-40(27-35-46)47(5,8-3)9-4/h10-36H,6-9H2,1-5H3. The minimum Gasteiger partial charge on any atom is -0.311 e. The summed E-state index contributed by atoms with van der Waals surface area (Å²) in [5, 5.41) is 0. The van der Waals surface area contributed by atoms with Crippen molar-refractivity contribution in [3.63, 3.8) is 0 Å². The molecule has 2 heteroatoms. The first kappa shape index (κ1) is 33.8. The molecule has 0 aliphatic carbocycles. The molecule has 0 unspecified atom stereocenters. The summed E-state index contributed by atoms with van der Waals surface area (Å²) in [5.41, 5.74) is 12.3. The quantitative estimate of drug-likeness (QED) is 0.124. The first-order valence-electron chi connectivity index (χ1n) is 18.1. The monoisotopic (exact) mass is 642 g/mol. The summed E-state index contributed by atoms with van der Waals surface area (Å²) < 4.78 is 0. The Morgan fingerprint density at radius 2 is 0.735 bits per heavy atom. The molecule has 6 aromatic carbocycles.